The van der Waals surface area contributed by atoms with Crippen LogP contribution < -0.4 is 5.32 Å². The van der Waals surface area contributed by atoms with E-state index in [1.807, 2.05) is 43.3 Å². The number of esters is 1. The molecule has 1 aromatic heterocycles. The number of carbonyl (C=O) groups excluding carboxylic acids is 2. The maximum atomic E-state index is 12.6. The number of carbonyl (C=O) groups is 2. The largest absolute Gasteiger partial charge is 0.454 e. The third-order valence-corrected chi connectivity index (χ3v) is 4.57. The van der Waals surface area contributed by atoms with Crippen LogP contribution in [0, 0.1) is 6.92 Å². The molecular weight excluding hydrogens is 340 g/mol. The molecule has 0 radical (unpaired) electrons. The fourth-order valence-electron chi connectivity index (χ4n) is 3.18. The lowest BCUT2D eigenvalue weighted by Crippen LogP contribution is -2.23. The van der Waals surface area contributed by atoms with Crippen LogP contribution in [-0.4, -0.2) is 16.9 Å². The van der Waals surface area contributed by atoms with Crippen molar-refractivity contribution in [2.45, 2.75) is 19.4 Å². The summed E-state index contributed by atoms with van der Waals surface area (Å²) in [7, 11) is 0. The normalized spacial score (nSPS) is 15.6. The summed E-state index contributed by atoms with van der Waals surface area (Å²) in [5.74, 6) is -0.122. The van der Waals surface area contributed by atoms with E-state index in [0.717, 1.165) is 16.7 Å². The standard InChI is InChI=1S/C22H18N2O3/c1-14-9-10-23-20(11-14)24-21(25)16-7-8-18-17(12-16)13-19(27-22(18)26)15-5-3-2-4-6-15/h2-12,19H,13H2,1H3,(H,23,24,25)/t19-/m0/s1. The van der Waals surface area contributed by atoms with Gasteiger partial charge in [0.05, 0.1) is 5.56 Å². The fourth-order valence-corrected chi connectivity index (χ4v) is 3.18. The second-order valence-electron chi connectivity index (χ2n) is 6.55. The van der Waals surface area contributed by atoms with Gasteiger partial charge in [-0.25, -0.2) is 9.78 Å². The Morgan fingerprint density at radius 2 is 1.93 bits per heavy atom. The van der Waals surface area contributed by atoms with Crippen molar-refractivity contribution in [1.29, 1.82) is 0 Å². The molecule has 3 aromatic rings. The Morgan fingerprint density at radius 3 is 2.70 bits per heavy atom. The van der Waals surface area contributed by atoms with Crippen LogP contribution in [0.1, 0.15) is 43.5 Å². The molecule has 0 spiro atoms. The van der Waals surface area contributed by atoms with Crippen LogP contribution in [0.15, 0.2) is 66.9 Å². The van der Waals surface area contributed by atoms with Gasteiger partial charge in [-0.3, -0.25) is 4.79 Å². The van der Waals surface area contributed by atoms with Crippen molar-refractivity contribution in [1.82, 2.24) is 4.98 Å². The Hall–Kier alpha value is -3.47. The highest BCUT2D eigenvalue weighted by atomic mass is 16.5. The first-order valence-electron chi connectivity index (χ1n) is 8.73. The third-order valence-electron chi connectivity index (χ3n) is 4.57. The molecule has 134 valence electrons. The van der Waals surface area contributed by atoms with Crippen molar-refractivity contribution < 1.29 is 14.3 Å². The van der Waals surface area contributed by atoms with Gasteiger partial charge in [0, 0.05) is 18.2 Å². The zero-order valence-electron chi connectivity index (χ0n) is 14.8. The number of aryl methyl sites for hydroxylation is 1. The minimum absolute atomic E-state index is 0.258. The first-order valence-corrected chi connectivity index (χ1v) is 8.73. The van der Waals surface area contributed by atoms with E-state index in [9.17, 15) is 9.59 Å². The molecule has 0 unspecified atom stereocenters. The lowest BCUT2D eigenvalue weighted by Gasteiger charge is -2.25. The Kier molecular flexibility index (Phi) is 4.42. The van der Waals surface area contributed by atoms with Gasteiger partial charge in [0.25, 0.3) is 5.91 Å². The van der Waals surface area contributed by atoms with Gasteiger partial charge in [-0.05, 0) is 53.9 Å². The number of nitrogens with zero attached hydrogens (tertiary/aromatic N) is 1. The number of hydrogen-bond donors (Lipinski definition) is 1. The average Bonchev–Trinajstić information content (AvgIpc) is 2.68. The van der Waals surface area contributed by atoms with Gasteiger partial charge in [-0.15, -0.1) is 0 Å². The third kappa shape index (κ3) is 3.58. The van der Waals surface area contributed by atoms with E-state index in [1.54, 1.807) is 30.5 Å². The molecule has 2 aromatic carbocycles. The topological polar surface area (TPSA) is 68.3 Å². The highest BCUT2D eigenvalue weighted by Crippen LogP contribution is 2.31. The van der Waals surface area contributed by atoms with Crippen LogP contribution in [0.25, 0.3) is 0 Å². The number of cyclic esters (lactones) is 1. The number of aromatic nitrogens is 1. The number of fused-ring (bicyclic) bond motifs is 1. The van der Waals surface area contributed by atoms with Crippen LogP contribution >= 0.6 is 0 Å². The minimum Gasteiger partial charge on any atom is -0.454 e. The maximum absolute atomic E-state index is 12.6. The monoisotopic (exact) mass is 358 g/mol. The molecule has 1 atom stereocenters. The molecule has 0 saturated heterocycles. The Bertz CT molecular complexity index is 1020. The van der Waals surface area contributed by atoms with Gasteiger partial charge in [-0.2, -0.15) is 0 Å². The molecule has 1 aliphatic rings. The number of nitrogens with one attached hydrogen (secondary N) is 1. The van der Waals surface area contributed by atoms with Crippen LogP contribution in [0.3, 0.4) is 0 Å². The second kappa shape index (κ2) is 7.03. The fraction of sp³-hybridized carbons (Fsp3) is 0.136. The zero-order valence-corrected chi connectivity index (χ0v) is 14.8. The number of hydrogen-bond acceptors (Lipinski definition) is 4. The number of pyridine rings is 1. The molecule has 2 heterocycles. The molecule has 1 aliphatic heterocycles. The number of rotatable bonds is 3. The van der Waals surface area contributed by atoms with Crippen LogP contribution in [0.4, 0.5) is 5.82 Å². The van der Waals surface area contributed by atoms with E-state index in [0.29, 0.717) is 23.4 Å². The van der Waals surface area contributed by atoms with E-state index >= 15 is 0 Å². The predicted molar refractivity (Wildman–Crippen MR) is 102 cm³/mol. The summed E-state index contributed by atoms with van der Waals surface area (Å²) in [5.41, 5.74) is 3.76. The number of benzene rings is 2. The summed E-state index contributed by atoms with van der Waals surface area (Å²) >= 11 is 0. The molecule has 0 saturated carbocycles. The minimum atomic E-state index is -0.364. The molecule has 0 bridgehead atoms. The first-order chi connectivity index (χ1) is 13.1. The summed E-state index contributed by atoms with van der Waals surface area (Å²) in [4.78, 5) is 29.1. The van der Waals surface area contributed by atoms with Gasteiger partial charge in [0.1, 0.15) is 11.9 Å². The van der Waals surface area contributed by atoms with Gasteiger partial charge in [0.15, 0.2) is 0 Å². The molecule has 0 fully saturated rings. The lowest BCUT2D eigenvalue weighted by molar-refractivity contribution is 0.0252. The van der Waals surface area contributed by atoms with Crippen molar-refractivity contribution in [2.24, 2.45) is 0 Å². The van der Waals surface area contributed by atoms with Gasteiger partial charge < -0.3 is 10.1 Å². The van der Waals surface area contributed by atoms with Crippen molar-refractivity contribution in [3.8, 4) is 0 Å². The number of ether oxygens (including phenoxy) is 1. The average molecular weight is 358 g/mol. The van der Waals surface area contributed by atoms with E-state index in [1.165, 1.54) is 0 Å². The maximum Gasteiger partial charge on any atom is 0.339 e. The van der Waals surface area contributed by atoms with Crippen molar-refractivity contribution >= 4 is 17.7 Å². The van der Waals surface area contributed by atoms with Crippen molar-refractivity contribution in [3.63, 3.8) is 0 Å². The number of amides is 1. The van der Waals surface area contributed by atoms with Crippen LogP contribution in [0.5, 0.6) is 0 Å². The first kappa shape index (κ1) is 17.0. The molecule has 5 nitrogen and oxygen atoms in total. The summed E-state index contributed by atoms with van der Waals surface area (Å²) in [6.07, 6.45) is 1.84. The Labute approximate surface area is 157 Å². The molecule has 1 amide bonds. The lowest BCUT2D eigenvalue weighted by atomic mass is 9.93. The van der Waals surface area contributed by atoms with Gasteiger partial charge in [-0.1, -0.05) is 30.3 Å². The zero-order chi connectivity index (χ0) is 18.8. The SMILES string of the molecule is Cc1ccnc(NC(=O)c2ccc3c(c2)C[C@@H](c2ccccc2)OC3=O)c1. The number of anilines is 1. The molecule has 4 rings (SSSR count). The Balaban J connectivity index is 1.59. The van der Waals surface area contributed by atoms with Crippen molar-refractivity contribution in [3.05, 3.63) is 94.7 Å². The predicted octanol–water partition coefficient (Wildman–Crippen LogP) is 4.10. The van der Waals surface area contributed by atoms with Crippen molar-refractivity contribution in [2.75, 3.05) is 5.32 Å². The quantitative estimate of drug-likeness (QED) is 0.716. The summed E-state index contributed by atoms with van der Waals surface area (Å²) in [6, 6.07) is 18.3. The molecule has 1 N–H and O–H groups in total. The Morgan fingerprint density at radius 1 is 1.11 bits per heavy atom. The molecule has 0 aliphatic carbocycles. The summed E-state index contributed by atoms with van der Waals surface area (Å²) in [5, 5.41) is 2.79. The van der Waals surface area contributed by atoms with Gasteiger partial charge >= 0.3 is 5.97 Å². The van der Waals surface area contributed by atoms with Crippen LogP contribution in [0.2, 0.25) is 0 Å². The van der Waals surface area contributed by atoms with Gasteiger partial charge in [0.2, 0.25) is 0 Å². The molecule has 5 heteroatoms. The highest BCUT2D eigenvalue weighted by molar-refractivity contribution is 6.05. The van der Waals surface area contributed by atoms with E-state index in [-0.39, 0.29) is 18.0 Å². The van der Waals surface area contributed by atoms with E-state index < -0.39 is 0 Å². The van der Waals surface area contributed by atoms with E-state index in [4.69, 9.17) is 4.74 Å². The highest BCUT2D eigenvalue weighted by Gasteiger charge is 2.28. The molecular formula is C22H18N2O3. The summed E-state index contributed by atoms with van der Waals surface area (Å²) < 4.78 is 5.56. The van der Waals surface area contributed by atoms with E-state index in [2.05, 4.69) is 10.3 Å². The van der Waals surface area contributed by atoms with Crippen LogP contribution in [-0.2, 0) is 11.2 Å². The smallest absolute Gasteiger partial charge is 0.339 e. The molecule has 27 heavy (non-hydrogen) atoms. The second-order valence-corrected chi connectivity index (χ2v) is 6.55. The summed E-state index contributed by atoms with van der Waals surface area (Å²) in [6.45, 7) is 1.94.